The van der Waals surface area contributed by atoms with E-state index in [9.17, 15) is 14.7 Å². The summed E-state index contributed by atoms with van der Waals surface area (Å²) in [6, 6.07) is 11.5. The molecule has 35 heavy (non-hydrogen) atoms. The summed E-state index contributed by atoms with van der Waals surface area (Å²) in [6.45, 7) is 6.09. The highest BCUT2D eigenvalue weighted by Crippen LogP contribution is 2.41. The second-order valence-corrected chi connectivity index (χ2v) is 8.95. The highest BCUT2D eigenvalue weighted by molar-refractivity contribution is 6.46. The lowest BCUT2D eigenvalue weighted by atomic mass is 9.95. The summed E-state index contributed by atoms with van der Waals surface area (Å²) in [5, 5.41) is 11.3. The molecular weight excluding hydrogens is 450 g/mol. The van der Waals surface area contributed by atoms with Crippen LogP contribution in [0.15, 0.2) is 48.0 Å². The van der Waals surface area contributed by atoms with Crippen LogP contribution in [-0.2, 0) is 14.3 Å². The van der Waals surface area contributed by atoms with Crippen LogP contribution in [0.3, 0.4) is 0 Å². The van der Waals surface area contributed by atoms with E-state index in [1.807, 2.05) is 24.3 Å². The van der Waals surface area contributed by atoms with Gasteiger partial charge in [0.05, 0.1) is 24.8 Å². The van der Waals surface area contributed by atoms with Crippen LogP contribution in [0.5, 0.6) is 17.2 Å². The van der Waals surface area contributed by atoms with Crippen molar-refractivity contribution in [1.29, 1.82) is 0 Å². The summed E-state index contributed by atoms with van der Waals surface area (Å²) in [4.78, 5) is 27.6. The molecule has 4 rings (SSSR count). The van der Waals surface area contributed by atoms with Crippen molar-refractivity contribution >= 4 is 17.4 Å². The topological polar surface area (TPSA) is 94.5 Å². The number of amides is 1. The van der Waals surface area contributed by atoms with Gasteiger partial charge in [-0.25, -0.2) is 0 Å². The molecule has 0 aliphatic carbocycles. The number of fused-ring (bicyclic) bond motifs is 1. The number of methoxy groups -OCH3 is 1. The average Bonchev–Trinajstić information content (AvgIpc) is 3.11. The Kier molecular flexibility index (Phi) is 7.60. The van der Waals surface area contributed by atoms with Crippen LogP contribution in [-0.4, -0.2) is 61.8 Å². The minimum atomic E-state index is -0.785. The summed E-state index contributed by atoms with van der Waals surface area (Å²) in [7, 11) is 1.53. The van der Waals surface area contributed by atoms with Crippen molar-refractivity contribution in [1.82, 2.24) is 4.90 Å². The van der Waals surface area contributed by atoms with Crippen LogP contribution in [0.1, 0.15) is 37.4 Å². The maximum atomic E-state index is 13.2. The third-order valence-electron chi connectivity index (χ3n) is 6.03. The van der Waals surface area contributed by atoms with E-state index in [0.29, 0.717) is 54.1 Å². The molecule has 0 saturated carbocycles. The van der Waals surface area contributed by atoms with Gasteiger partial charge in [0.25, 0.3) is 11.7 Å². The van der Waals surface area contributed by atoms with Crippen molar-refractivity contribution in [2.75, 3.05) is 40.1 Å². The number of rotatable bonds is 9. The number of carbonyl (C=O) groups is 2. The number of likely N-dealkylation sites (tertiary alicyclic amines) is 1. The number of ketones is 1. The predicted octanol–water partition coefficient (Wildman–Crippen LogP) is 3.95. The number of ether oxygens (including phenoxy) is 4. The normalized spacial score (nSPS) is 18.9. The number of benzene rings is 2. The number of aliphatic hydroxyl groups excluding tert-OH is 1. The molecule has 2 aromatic carbocycles. The molecule has 1 fully saturated rings. The highest BCUT2D eigenvalue weighted by Gasteiger charge is 2.46. The van der Waals surface area contributed by atoms with E-state index in [4.69, 9.17) is 18.9 Å². The van der Waals surface area contributed by atoms with E-state index in [1.165, 1.54) is 12.0 Å². The SMILES string of the molecule is COCCN1C(=O)C(=O)/C(=C(/O)c2ccc3c(c2)OCCO3)[C@H]1c1cccc(OCCC(C)C)c1. The molecule has 0 spiro atoms. The molecule has 8 heteroatoms. The van der Waals surface area contributed by atoms with E-state index in [1.54, 1.807) is 18.2 Å². The molecule has 2 aliphatic rings. The number of carbonyl (C=O) groups excluding carboxylic acids is 2. The Morgan fingerprint density at radius 2 is 1.86 bits per heavy atom. The third-order valence-corrected chi connectivity index (χ3v) is 6.03. The van der Waals surface area contributed by atoms with Gasteiger partial charge in [-0.2, -0.15) is 0 Å². The summed E-state index contributed by atoms with van der Waals surface area (Å²) >= 11 is 0. The molecule has 2 aromatic rings. The average molecular weight is 482 g/mol. The van der Waals surface area contributed by atoms with E-state index >= 15 is 0 Å². The molecule has 186 valence electrons. The van der Waals surface area contributed by atoms with Crippen molar-refractivity contribution < 1.29 is 33.6 Å². The molecule has 2 heterocycles. The van der Waals surface area contributed by atoms with Gasteiger partial charge in [0.2, 0.25) is 0 Å². The van der Waals surface area contributed by atoms with Gasteiger partial charge in [-0.15, -0.1) is 0 Å². The largest absolute Gasteiger partial charge is 0.507 e. The van der Waals surface area contributed by atoms with Gasteiger partial charge in [0, 0.05) is 19.2 Å². The van der Waals surface area contributed by atoms with Crippen LogP contribution in [0.25, 0.3) is 5.76 Å². The Hall–Kier alpha value is -3.52. The van der Waals surface area contributed by atoms with Crippen molar-refractivity contribution in [2.45, 2.75) is 26.3 Å². The first-order chi connectivity index (χ1) is 16.9. The molecule has 0 unspecified atom stereocenters. The quantitative estimate of drug-likeness (QED) is 0.329. The monoisotopic (exact) mass is 481 g/mol. The number of Topliss-reactive ketones (excluding diaryl/α,β-unsaturated/α-hetero) is 1. The Morgan fingerprint density at radius 3 is 2.60 bits per heavy atom. The van der Waals surface area contributed by atoms with Gasteiger partial charge >= 0.3 is 0 Å². The van der Waals surface area contributed by atoms with Gasteiger partial charge in [0.15, 0.2) is 11.5 Å². The lowest BCUT2D eigenvalue weighted by Gasteiger charge is -2.25. The fourth-order valence-electron chi connectivity index (χ4n) is 4.18. The zero-order chi connectivity index (χ0) is 24.9. The van der Waals surface area contributed by atoms with E-state index in [0.717, 1.165) is 6.42 Å². The molecule has 0 aromatic heterocycles. The van der Waals surface area contributed by atoms with Crippen molar-refractivity contribution in [3.05, 3.63) is 59.2 Å². The molecule has 1 N–H and O–H groups in total. The maximum Gasteiger partial charge on any atom is 0.295 e. The van der Waals surface area contributed by atoms with Crippen LogP contribution >= 0.6 is 0 Å². The lowest BCUT2D eigenvalue weighted by Crippen LogP contribution is -2.32. The predicted molar refractivity (Wildman–Crippen MR) is 130 cm³/mol. The van der Waals surface area contributed by atoms with Gasteiger partial charge in [0.1, 0.15) is 24.7 Å². The number of hydrogen-bond acceptors (Lipinski definition) is 7. The minimum Gasteiger partial charge on any atom is -0.507 e. The summed E-state index contributed by atoms with van der Waals surface area (Å²) in [5.74, 6) is 0.491. The fraction of sp³-hybridized carbons (Fsp3) is 0.407. The summed E-state index contributed by atoms with van der Waals surface area (Å²) in [5.41, 5.74) is 1.05. The number of aliphatic hydroxyl groups is 1. The van der Waals surface area contributed by atoms with Crippen molar-refractivity contribution in [3.8, 4) is 17.2 Å². The molecule has 1 saturated heterocycles. The lowest BCUT2D eigenvalue weighted by molar-refractivity contribution is -0.140. The zero-order valence-electron chi connectivity index (χ0n) is 20.3. The second kappa shape index (κ2) is 10.8. The van der Waals surface area contributed by atoms with E-state index in [2.05, 4.69) is 13.8 Å². The Balaban J connectivity index is 1.75. The standard InChI is InChI=1S/C27H31NO7/c1-17(2)9-11-33-20-6-4-5-18(15-20)24-23(26(30)27(31)28(24)10-12-32-3)25(29)19-7-8-21-22(16-19)35-14-13-34-21/h4-8,15-17,24,29H,9-14H2,1-3H3/b25-23+/t24-/m1/s1. The maximum absolute atomic E-state index is 13.2. The first-order valence-electron chi connectivity index (χ1n) is 11.8. The Morgan fingerprint density at radius 1 is 1.09 bits per heavy atom. The van der Waals surface area contributed by atoms with E-state index < -0.39 is 17.7 Å². The van der Waals surface area contributed by atoms with Crippen molar-refractivity contribution in [3.63, 3.8) is 0 Å². The van der Waals surface area contributed by atoms with Gasteiger partial charge in [-0.3, -0.25) is 9.59 Å². The molecular formula is C27H31NO7. The summed E-state index contributed by atoms with van der Waals surface area (Å²) in [6.07, 6.45) is 0.903. The van der Waals surface area contributed by atoms with Gasteiger partial charge in [-0.1, -0.05) is 26.0 Å². The van der Waals surface area contributed by atoms with E-state index in [-0.39, 0.29) is 24.5 Å². The molecule has 0 bridgehead atoms. The third kappa shape index (κ3) is 5.27. The first kappa shape index (κ1) is 24.6. The highest BCUT2D eigenvalue weighted by atomic mass is 16.6. The number of nitrogens with zero attached hydrogens (tertiary/aromatic N) is 1. The van der Waals surface area contributed by atoms with Crippen LogP contribution in [0, 0.1) is 5.92 Å². The molecule has 1 atom stereocenters. The molecule has 0 radical (unpaired) electrons. The Bertz CT molecular complexity index is 1120. The van der Waals surface area contributed by atoms with Gasteiger partial charge < -0.3 is 29.0 Å². The molecule has 1 amide bonds. The second-order valence-electron chi connectivity index (χ2n) is 8.95. The summed E-state index contributed by atoms with van der Waals surface area (Å²) < 4.78 is 22.3. The minimum absolute atomic E-state index is 0.0158. The first-order valence-corrected chi connectivity index (χ1v) is 11.8. The van der Waals surface area contributed by atoms with Crippen LogP contribution in [0.2, 0.25) is 0 Å². The zero-order valence-corrected chi connectivity index (χ0v) is 20.3. The van der Waals surface area contributed by atoms with Crippen molar-refractivity contribution in [2.24, 2.45) is 5.92 Å². The molecule has 8 nitrogen and oxygen atoms in total. The number of hydrogen-bond donors (Lipinski definition) is 1. The molecule has 2 aliphatic heterocycles. The van der Waals surface area contributed by atoms with Gasteiger partial charge in [-0.05, 0) is 48.2 Å². The Labute approximate surface area is 205 Å². The van der Waals surface area contributed by atoms with Crippen LogP contribution < -0.4 is 14.2 Å². The fourth-order valence-corrected chi connectivity index (χ4v) is 4.18. The van der Waals surface area contributed by atoms with Crippen LogP contribution in [0.4, 0.5) is 0 Å². The smallest absolute Gasteiger partial charge is 0.295 e.